The molecule has 0 fully saturated rings. The molecule has 47 heavy (non-hydrogen) atoms. The average Bonchev–Trinajstić information content (AvgIpc) is 3.08. The van der Waals surface area contributed by atoms with E-state index in [1.807, 2.05) is 48.5 Å². The number of hydrogen-bond acceptors (Lipinski definition) is 7. The van der Waals surface area contributed by atoms with Gasteiger partial charge in [-0.2, -0.15) is 0 Å². The molecule has 0 spiro atoms. The van der Waals surface area contributed by atoms with Crippen LogP contribution in [0.4, 0.5) is 0 Å². The summed E-state index contributed by atoms with van der Waals surface area (Å²) < 4.78 is 29.8. The molecule has 8 nitrogen and oxygen atoms in total. The maximum Gasteiger partial charge on any atom is 0.341 e. The predicted octanol–water partition coefficient (Wildman–Crippen LogP) is 7.86. The van der Waals surface area contributed by atoms with E-state index < -0.39 is 5.97 Å². The van der Waals surface area contributed by atoms with Crippen molar-refractivity contribution in [3.05, 3.63) is 113 Å². The van der Waals surface area contributed by atoms with Gasteiger partial charge in [-0.05, 0) is 79.4 Å². The number of aliphatic imine (C=N–C) groups is 1. The van der Waals surface area contributed by atoms with Crippen LogP contribution in [0.1, 0.15) is 66.2 Å². The fourth-order valence-electron chi connectivity index (χ4n) is 4.80. The van der Waals surface area contributed by atoms with Crippen LogP contribution in [0, 0.1) is 12.1 Å². The van der Waals surface area contributed by atoms with Crippen LogP contribution in [0.3, 0.4) is 0 Å². The van der Waals surface area contributed by atoms with Crippen LogP contribution in [0.2, 0.25) is 0 Å². The van der Waals surface area contributed by atoms with Gasteiger partial charge in [-0.15, -0.1) is 0 Å². The quantitative estimate of drug-likeness (QED) is 0.0429. The van der Waals surface area contributed by atoms with Crippen molar-refractivity contribution in [2.45, 2.75) is 53.1 Å². The Bertz CT molecular complexity index is 1690. The van der Waals surface area contributed by atoms with Gasteiger partial charge in [0, 0.05) is 18.1 Å². The molecule has 0 heterocycles. The third-order valence-corrected chi connectivity index (χ3v) is 7.39. The summed E-state index contributed by atoms with van der Waals surface area (Å²) in [6.07, 6.45) is 2.99. The van der Waals surface area contributed by atoms with Crippen LogP contribution in [-0.4, -0.2) is 37.1 Å². The number of carbonyl (C=O) groups excluding carboxylic acids is 1. The van der Waals surface area contributed by atoms with E-state index in [0.29, 0.717) is 71.2 Å². The van der Waals surface area contributed by atoms with E-state index >= 15 is 0 Å². The Balaban J connectivity index is 1.45. The molecular formula is C38H40N2O6S. The van der Waals surface area contributed by atoms with Gasteiger partial charge in [0.25, 0.3) is 0 Å². The maximum absolute atomic E-state index is 12.3. The van der Waals surface area contributed by atoms with E-state index in [1.54, 1.807) is 31.2 Å². The van der Waals surface area contributed by atoms with E-state index in [2.05, 4.69) is 31.0 Å². The highest BCUT2D eigenvalue weighted by molar-refractivity contribution is 7.80. The number of aryl methyl sites for hydroxylation is 1. The maximum atomic E-state index is 12.3. The fourth-order valence-corrected chi connectivity index (χ4v) is 5.11. The molecule has 0 unspecified atom stereocenters. The first-order chi connectivity index (χ1) is 22.8. The number of amidine groups is 1. The Morgan fingerprint density at radius 1 is 0.872 bits per heavy atom. The number of ether oxygens (including phenoxy) is 5. The number of hydrogen-bond donors (Lipinski definition) is 1. The number of para-hydroxylation sites is 1. The standard InChI is InChI=1S/C38H40N2O6S/c1-5-14-29-32(19-12-20-33(29)46-34-18-11-10-17-30(34)38(41)42-4)43-21-13-22-44-35-24-36(45-25-27-15-8-7-9-16-27)31(23-28(35)6-2)37(47)40-26(3)39/h8,10-12,15-20,23-24H,5-6,13-14,21-22,25H2,1-4H3,(H2,39,40,47). The Morgan fingerprint density at radius 3 is 2.32 bits per heavy atom. The van der Waals surface area contributed by atoms with Gasteiger partial charge in [0.2, 0.25) is 0 Å². The van der Waals surface area contributed by atoms with E-state index in [4.69, 9.17) is 41.6 Å². The highest BCUT2D eigenvalue weighted by Crippen LogP contribution is 2.35. The van der Waals surface area contributed by atoms with Crippen molar-refractivity contribution in [1.29, 1.82) is 0 Å². The topological polar surface area (TPSA) is 102 Å². The van der Waals surface area contributed by atoms with E-state index in [-0.39, 0.29) is 0 Å². The Morgan fingerprint density at radius 2 is 1.62 bits per heavy atom. The van der Waals surface area contributed by atoms with Gasteiger partial charge in [0.1, 0.15) is 45.9 Å². The fraction of sp³-hybridized carbons (Fsp3) is 0.289. The van der Waals surface area contributed by atoms with Crippen molar-refractivity contribution >= 4 is 29.0 Å². The lowest BCUT2D eigenvalue weighted by atomic mass is 10.1. The molecule has 244 valence electrons. The molecule has 0 bridgehead atoms. The summed E-state index contributed by atoms with van der Waals surface area (Å²) in [5.41, 5.74) is 9.72. The summed E-state index contributed by atoms with van der Waals surface area (Å²) in [4.78, 5) is 16.9. The summed E-state index contributed by atoms with van der Waals surface area (Å²) in [6, 6.07) is 27.9. The van der Waals surface area contributed by atoms with E-state index in [0.717, 1.165) is 41.7 Å². The lowest BCUT2D eigenvalue weighted by Gasteiger charge is -2.18. The van der Waals surface area contributed by atoms with E-state index in [9.17, 15) is 4.79 Å². The van der Waals surface area contributed by atoms with Gasteiger partial charge in [-0.25, -0.2) is 9.79 Å². The lowest BCUT2D eigenvalue weighted by molar-refractivity contribution is 0.0598. The Kier molecular flexibility index (Phi) is 13.0. The molecule has 9 heteroatoms. The molecular weight excluding hydrogens is 612 g/mol. The lowest BCUT2D eigenvalue weighted by Crippen LogP contribution is -2.11. The molecule has 2 N–H and O–H groups in total. The monoisotopic (exact) mass is 652 g/mol. The molecule has 0 radical (unpaired) electrons. The minimum absolute atomic E-state index is 0.321. The molecule has 0 amide bonds. The molecule has 0 aliphatic rings. The van der Waals surface area contributed by atoms with Crippen molar-refractivity contribution in [2.24, 2.45) is 10.7 Å². The molecule has 4 rings (SSSR count). The zero-order valence-corrected chi connectivity index (χ0v) is 28.1. The molecule has 0 aliphatic heterocycles. The Labute approximate surface area is 282 Å². The van der Waals surface area contributed by atoms with E-state index in [1.165, 1.54) is 7.11 Å². The number of benzene rings is 3. The number of carbonyl (C=O) groups is 1. The Hall–Kier alpha value is -5.07. The molecule has 0 aliphatic carbocycles. The number of esters is 1. The summed E-state index contributed by atoms with van der Waals surface area (Å²) in [5.74, 6) is 2.98. The highest BCUT2D eigenvalue weighted by atomic mass is 32.1. The molecule has 4 aromatic carbocycles. The van der Waals surface area contributed by atoms with Gasteiger partial charge in [-0.1, -0.05) is 62.8 Å². The number of nitrogens with zero attached hydrogens (tertiary/aromatic N) is 1. The highest BCUT2D eigenvalue weighted by Gasteiger charge is 2.18. The van der Waals surface area contributed by atoms with Crippen molar-refractivity contribution in [2.75, 3.05) is 20.3 Å². The van der Waals surface area contributed by atoms with Crippen molar-refractivity contribution in [3.8, 4) is 28.7 Å². The van der Waals surface area contributed by atoms with Crippen LogP contribution in [-0.2, 0) is 24.2 Å². The van der Waals surface area contributed by atoms with Gasteiger partial charge in [0.05, 0.1) is 31.7 Å². The molecule has 4 aromatic rings. The zero-order valence-electron chi connectivity index (χ0n) is 27.3. The third-order valence-electron chi connectivity index (χ3n) is 7.07. The number of rotatable bonds is 16. The second-order valence-corrected chi connectivity index (χ2v) is 11.0. The van der Waals surface area contributed by atoms with Gasteiger partial charge < -0.3 is 29.4 Å². The van der Waals surface area contributed by atoms with Crippen molar-refractivity contribution < 1.29 is 28.5 Å². The SMILES string of the molecule is CCCc1c(OCCCOc2cc(OCc3cc#ccc3)c(C(=S)N=C(C)N)cc2CC)cccc1Oc1ccccc1C(=O)OC. The van der Waals surface area contributed by atoms with Gasteiger partial charge >= 0.3 is 5.97 Å². The summed E-state index contributed by atoms with van der Waals surface area (Å²) >= 11 is 5.59. The summed E-state index contributed by atoms with van der Waals surface area (Å²) in [7, 11) is 1.35. The minimum Gasteiger partial charge on any atom is -0.493 e. The smallest absolute Gasteiger partial charge is 0.341 e. The minimum atomic E-state index is -0.458. The van der Waals surface area contributed by atoms with Crippen LogP contribution >= 0.6 is 12.2 Å². The molecule has 0 saturated heterocycles. The first-order valence-corrected chi connectivity index (χ1v) is 16.0. The largest absolute Gasteiger partial charge is 0.493 e. The van der Waals surface area contributed by atoms with Crippen LogP contribution in [0.25, 0.3) is 0 Å². The summed E-state index contributed by atoms with van der Waals surface area (Å²) in [6.45, 7) is 7.02. The normalized spacial score (nSPS) is 10.9. The molecule has 0 saturated carbocycles. The van der Waals surface area contributed by atoms with Crippen LogP contribution in [0.15, 0.2) is 77.8 Å². The molecule has 0 aromatic heterocycles. The first kappa shape index (κ1) is 34.8. The molecule has 0 atom stereocenters. The number of methoxy groups -OCH3 is 1. The number of nitrogens with two attached hydrogens (primary N) is 1. The first-order valence-electron chi connectivity index (χ1n) is 15.6. The predicted molar refractivity (Wildman–Crippen MR) is 187 cm³/mol. The van der Waals surface area contributed by atoms with Crippen LogP contribution < -0.4 is 24.7 Å². The van der Waals surface area contributed by atoms with Crippen molar-refractivity contribution in [1.82, 2.24) is 0 Å². The van der Waals surface area contributed by atoms with Crippen molar-refractivity contribution in [3.63, 3.8) is 0 Å². The van der Waals surface area contributed by atoms with Gasteiger partial charge in [0.15, 0.2) is 0 Å². The van der Waals surface area contributed by atoms with Gasteiger partial charge in [-0.3, -0.25) is 0 Å². The second kappa shape index (κ2) is 17.6. The summed E-state index contributed by atoms with van der Waals surface area (Å²) in [5, 5.41) is 0. The third kappa shape index (κ3) is 9.71. The average molecular weight is 653 g/mol. The van der Waals surface area contributed by atoms with Crippen LogP contribution in [0.5, 0.6) is 28.7 Å². The zero-order chi connectivity index (χ0) is 33.6. The number of thiocarbonyl (C=S) groups is 1. The second-order valence-electron chi connectivity index (χ2n) is 10.6.